The van der Waals surface area contributed by atoms with Crippen LogP contribution in [0.4, 0.5) is 0 Å². The van der Waals surface area contributed by atoms with Crippen molar-refractivity contribution in [2.24, 2.45) is 0 Å². The first-order valence-corrected chi connectivity index (χ1v) is 5.35. The molecule has 0 atom stereocenters. The van der Waals surface area contributed by atoms with Crippen molar-refractivity contribution in [3.8, 4) is 11.1 Å². The number of hydrogen-bond acceptors (Lipinski definition) is 2. The number of pyridine rings is 1. The molecular weight excluding hydrogens is 214 g/mol. The van der Waals surface area contributed by atoms with Gasteiger partial charge in [-0.15, -0.1) is 0 Å². The Morgan fingerprint density at radius 1 is 1.18 bits per heavy atom. The first-order chi connectivity index (χ1) is 8.08. The topological polar surface area (TPSA) is 50.2 Å². The smallest absolute Gasteiger partial charge is 0.354 e. The quantitative estimate of drug-likeness (QED) is 0.857. The highest BCUT2D eigenvalue weighted by atomic mass is 16.4. The van der Waals surface area contributed by atoms with Crippen molar-refractivity contribution in [2.45, 2.75) is 13.8 Å². The third kappa shape index (κ3) is 2.33. The average Bonchev–Trinajstić information content (AvgIpc) is 2.28. The van der Waals surface area contributed by atoms with Crippen molar-refractivity contribution in [3.63, 3.8) is 0 Å². The zero-order valence-electron chi connectivity index (χ0n) is 9.77. The molecule has 0 fully saturated rings. The molecule has 3 heteroatoms. The fourth-order valence-corrected chi connectivity index (χ4v) is 1.78. The van der Waals surface area contributed by atoms with E-state index in [9.17, 15) is 4.79 Å². The highest BCUT2D eigenvalue weighted by Crippen LogP contribution is 2.21. The van der Waals surface area contributed by atoms with Gasteiger partial charge < -0.3 is 5.11 Å². The molecule has 1 N–H and O–H groups in total. The number of hydrogen-bond donors (Lipinski definition) is 1. The molecule has 3 nitrogen and oxygen atoms in total. The van der Waals surface area contributed by atoms with Gasteiger partial charge in [-0.3, -0.25) is 0 Å². The molecule has 0 aliphatic rings. The summed E-state index contributed by atoms with van der Waals surface area (Å²) in [5, 5.41) is 8.91. The van der Waals surface area contributed by atoms with E-state index >= 15 is 0 Å². The molecule has 1 heterocycles. The van der Waals surface area contributed by atoms with Crippen LogP contribution in [0.2, 0.25) is 0 Å². The van der Waals surface area contributed by atoms with E-state index in [0.29, 0.717) is 5.56 Å². The molecule has 1 aromatic heterocycles. The second-order valence-electron chi connectivity index (χ2n) is 4.06. The molecule has 2 aromatic rings. The van der Waals surface area contributed by atoms with Crippen molar-refractivity contribution in [1.29, 1.82) is 0 Å². The summed E-state index contributed by atoms with van der Waals surface area (Å²) in [6.07, 6.45) is 1.60. The summed E-state index contributed by atoms with van der Waals surface area (Å²) < 4.78 is 0. The summed E-state index contributed by atoms with van der Waals surface area (Å²) in [5.74, 6) is -0.988. The SMILES string of the molecule is Cc1cccc(-c2cnc(C(=O)O)c(C)c2)c1. The molecule has 0 saturated heterocycles. The lowest BCUT2D eigenvalue weighted by molar-refractivity contribution is 0.0689. The third-order valence-corrected chi connectivity index (χ3v) is 2.63. The third-order valence-electron chi connectivity index (χ3n) is 2.63. The minimum atomic E-state index is -0.988. The van der Waals surface area contributed by atoms with Crippen LogP contribution < -0.4 is 0 Å². The first-order valence-electron chi connectivity index (χ1n) is 5.35. The number of benzene rings is 1. The molecule has 2 rings (SSSR count). The van der Waals surface area contributed by atoms with E-state index in [1.165, 1.54) is 5.56 Å². The molecular formula is C14H13NO2. The number of nitrogens with zero attached hydrogens (tertiary/aromatic N) is 1. The Labute approximate surface area is 99.8 Å². The molecule has 0 aliphatic heterocycles. The highest BCUT2D eigenvalue weighted by molar-refractivity contribution is 5.87. The minimum absolute atomic E-state index is 0.112. The number of carboxylic acids is 1. The van der Waals surface area contributed by atoms with E-state index in [-0.39, 0.29) is 5.69 Å². The van der Waals surface area contributed by atoms with Crippen LogP contribution in [-0.4, -0.2) is 16.1 Å². The molecule has 0 aliphatic carbocycles. The molecule has 0 saturated carbocycles. The van der Waals surface area contributed by atoms with E-state index in [1.54, 1.807) is 13.1 Å². The molecule has 86 valence electrons. The summed E-state index contributed by atoms with van der Waals surface area (Å²) in [6, 6.07) is 9.90. The molecule has 0 amide bonds. The van der Waals surface area contributed by atoms with Gasteiger partial charge in [-0.1, -0.05) is 29.8 Å². The maximum absolute atomic E-state index is 10.9. The summed E-state index contributed by atoms with van der Waals surface area (Å²) in [7, 11) is 0. The van der Waals surface area contributed by atoms with Crippen LogP contribution in [0.3, 0.4) is 0 Å². The van der Waals surface area contributed by atoms with Gasteiger partial charge in [0.05, 0.1) is 0 Å². The van der Waals surface area contributed by atoms with E-state index in [1.807, 2.05) is 31.2 Å². The van der Waals surface area contributed by atoms with Gasteiger partial charge in [0.1, 0.15) is 0 Å². The van der Waals surface area contributed by atoms with E-state index in [2.05, 4.69) is 11.1 Å². The van der Waals surface area contributed by atoms with Crippen LogP contribution in [0.5, 0.6) is 0 Å². The molecule has 0 radical (unpaired) electrons. The lowest BCUT2D eigenvalue weighted by Crippen LogP contribution is -2.03. The van der Waals surface area contributed by atoms with Gasteiger partial charge >= 0.3 is 5.97 Å². The van der Waals surface area contributed by atoms with Crippen LogP contribution in [0, 0.1) is 13.8 Å². The summed E-state index contributed by atoms with van der Waals surface area (Å²) >= 11 is 0. The van der Waals surface area contributed by atoms with Crippen LogP contribution >= 0.6 is 0 Å². The number of rotatable bonds is 2. The summed E-state index contributed by atoms with van der Waals surface area (Å²) in [6.45, 7) is 3.78. The Morgan fingerprint density at radius 2 is 1.94 bits per heavy atom. The molecule has 0 spiro atoms. The Balaban J connectivity index is 2.48. The second-order valence-corrected chi connectivity index (χ2v) is 4.06. The lowest BCUT2D eigenvalue weighted by Gasteiger charge is -2.05. The summed E-state index contributed by atoms with van der Waals surface area (Å²) in [4.78, 5) is 14.8. The van der Waals surface area contributed by atoms with Crippen molar-refractivity contribution >= 4 is 5.97 Å². The predicted molar refractivity (Wildman–Crippen MR) is 66.1 cm³/mol. The van der Waals surface area contributed by atoms with E-state index in [0.717, 1.165) is 11.1 Å². The van der Waals surface area contributed by atoms with Gasteiger partial charge in [0.15, 0.2) is 5.69 Å². The Kier molecular flexibility index (Phi) is 2.91. The fraction of sp³-hybridized carbons (Fsp3) is 0.143. The normalized spacial score (nSPS) is 10.2. The fourth-order valence-electron chi connectivity index (χ4n) is 1.78. The number of carbonyl (C=O) groups is 1. The average molecular weight is 227 g/mol. The standard InChI is InChI=1S/C14H13NO2/c1-9-4-3-5-11(6-9)12-7-10(2)13(14(16)17)15-8-12/h3-8H,1-2H3,(H,16,17). The number of aromatic nitrogens is 1. The zero-order valence-corrected chi connectivity index (χ0v) is 9.77. The maximum Gasteiger partial charge on any atom is 0.354 e. The first kappa shape index (κ1) is 11.3. The van der Waals surface area contributed by atoms with Gasteiger partial charge in [0, 0.05) is 11.8 Å². The van der Waals surface area contributed by atoms with Crippen molar-refractivity contribution in [3.05, 3.63) is 53.3 Å². The van der Waals surface area contributed by atoms with Gasteiger partial charge in [-0.25, -0.2) is 9.78 Å². The maximum atomic E-state index is 10.9. The van der Waals surface area contributed by atoms with Crippen LogP contribution in [0.1, 0.15) is 21.6 Å². The summed E-state index contributed by atoms with van der Waals surface area (Å²) in [5.41, 5.74) is 3.95. The Bertz CT molecular complexity index is 576. The van der Waals surface area contributed by atoms with Crippen LogP contribution in [0.25, 0.3) is 11.1 Å². The van der Waals surface area contributed by atoms with E-state index in [4.69, 9.17) is 5.11 Å². The number of carboxylic acid groups (broad SMARTS) is 1. The van der Waals surface area contributed by atoms with Crippen LogP contribution in [0.15, 0.2) is 36.5 Å². The Hall–Kier alpha value is -2.16. The van der Waals surface area contributed by atoms with Gasteiger partial charge in [0.2, 0.25) is 0 Å². The molecule has 0 unspecified atom stereocenters. The van der Waals surface area contributed by atoms with Crippen molar-refractivity contribution in [2.75, 3.05) is 0 Å². The van der Waals surface area contributed by atoms with Crippen molar-refractivity contribution < 1.29 is 9.90 Å². The predicted octanol–water partition coefficient (Wildman–Crippen LogP) is 3.06. The minimum Gasteiger partial charge on any atom is -0.477 e. The highest BCUT2D eigenvalue weighted by Gasteiger charge is 2.09. The second kappa shape index (κ2) is 4.37. The lowest BCUT2D eigenvalue weighted by atomic mass is 10.0. The molecule has 1 aromatic carbocycles. The molecule has 17 heavy (non-hydrogen) atoms. The van der Waals surface area contributed by atoms with Gasteiger partial charge in [0.25, 0.3) is 0 Å². The number of aromatic carboxylic acids is 1. The van der Waals surface area contributed by atoms with Crippen LogP contribution in [-0.2, 0) is 0 Å². The van der Waals surface area contributed by atoms with Crippen molar-refractivity contribution in [1.82, 2.24) is 4.98 Å². The van der Waals surface area contributed by atoms with Gasteiger partial charge in [-0.05, 0) is 31.0 Å². The zero-order chi connectivity index (χ0) is 12.4. The van der Waals surface area contributed by atoms with Gasteiger partial charge in [-0.2, -0.15) is 0 Å². The largest absolute Gasteiger partial charge is 0.477 e. The number of aryl methyl sites for hydroxylation is 2. The Morgan fingerprint density at radius 3 is 2.53 bits per heavy atom. The monoisotopic (exact) mass is 227 g/mol. The molecule has 0 bridgehead atoms. The van der Waals surface area contributed by atoms with E-state index < -0.39 is 5.97 Å².